The van der Waals surface area contributed by atoms with Gasteiger partial charge in [0.25, 0.3) is 0 Å². The zero-order valence-corrected chi connectivity index (χ0v) is 8.32. The highest BCUT2D eigenvalue weighted by molar-refractivity contribution is 4.97. The summed E-state index contributed by atoms with van der Waals surface area (Å²) in [4.78, 5) is 0. The fourth-order valence-electron chi connectivity index (χ4n) is 2.22. The molecule has 2 aliphatic rings. The highest BCUT2D eigenvalue weighted by atomic mass is 15.3. The van der Waals surface area contributed by atoms with Crippen LogP contribution in [0.1, 0.15) is 31.1 Å². The molecule has 4 heteroatoms. The Morgan fingerprint density at radius 3 is 3.07 bits per heavy atom. The molecule has 1 saturated carbocycles. The molecule has 2 heterocycles. The molecule has 0 radical (unpaired) electrons. The lowest BCUT2D eigenvalue weighted by atomic mass is 10.0. The first-order valence-corrected chi connectivity index (χ1v) is 5.52. The minimum atomic E-state index is 0.717. The van der Waals surface area contributed by atoms with Gasteiger partial charge in [-0.3, -0.25) is 0 Å². The van der Waals surface area contributed by atoms with Crippen LogP contribution in [0.5, 0.6) is 0 Å². The fraction of sp³-hybridized carbons (Fsp3) is 0.800. The zero-order chi connectivity index (χ0) is 9.38. The normalized spacial score (nSPS) is 27.0. The average Bonchev–Trinajstić information content (AvgIpc) is 2.74. The molecule has 2 fully saturated rings. The second kappa shape index (κ2) is 3.35. The van der Waals surface area contributed by atoms with E-state index in [2.05, 4.69) is 20.1 Å². The third kappa shape index (κ3) is 1.54. The average molecular weight is 192 g/mol. The van der Waals surface area contributed by atoms with E-state index in [1.807, 2.05) is 6.33 Å². The largest absolute Gasteiger partial charge is 0.316 e. The SMILES string of the molecule is c1nnc(CC2CCNC2)n1C1CC1. The Morgan fingerprint density at radius 1 is 1.43 bits per heavy atom. The third-order valence-electron chi connectivity index (χ3n) is 3.22. The van der Waals surface area contributed by atoms with E-state index in [9.17, 15) is 0 Å². The van der Waals surface area contributed by atoms with E-state index in [1.54, 1.807) is 0 Å². The van der Waals surface area contributed by atoms with Crippen LogP contribution in [-0.4, -0.2) is 27.9 Å². The van der Waals surface area contributed by atoms with Crippen LogP contribution >= 0.6 is 0 Å². The summed E-state index contributed by atoms with van der Waals surface area (Å²) in [5, 5.41) is 11.6. The van der Waals surface area contributed by atoms with Crippen molar-refractivity contribution in [1.82, 2.24) is 20.1 Å². The van der Waals surface area contributed by atoms with Crippen molar-refractivity contribution in [2.24, 2.45) is 5.92 Å². The van der Waals surface area contributed by atoms with Gasteiger partial charge in [-0.05, 0) is 38.3 Å². The van der Waals surface area contributed by atoms with Crippen molar-refractivity contribution in [2.45, 2.75) is 31.7 Å². The third-order valence-corrected chi connectivity index (χ3v) is 3.22. The summed E-state index contributed by atoms with van der Waals surface area (Å²) >= 11 is 0. The van der Waals surface area contributed by atoms with Gasteiger partial charge >= 0.3 is 0 Å². The lowest BCUT2D eigenvalue weighted by Crippen LogP contribution is -2.13. The first-order valence-electron chi connectivity index (χ1n) is 5.52. The smallest absolute Gasteiger partial charge is 0.133 e. The van der Waals surface area contributed by atoms with Crippen LogP contribution in [-0.2, 0) is 6.42 Å². The second-order valence-corrected chi connectivity index (χ2v) is 4.45. The van der Waals surface area contributed by atoms with Crippen LogP contribution in [0.3, 0.4) is 0 Å². The molecular weight excluding hydrogens is 176 g/mol. The molecule has 1 saturated heterocycles. The predicted molar refractivity (Wildman–Crippen MR) is 53.0 cm³/mol. The summed E-state index contributed by atoms with van der Waals surface area (Å²) in [5.74, 6) is 1.97. The number of aromatic nitrogens is 3. The quantitative estimate of drug-likeness (QED) is 0.769. The molecule has 1 atom stereocenters. The molecule has 1 aromatic heterocycles. The summed E-state index contributed by atoms with van der Waals surface area (Å²) in [6, 6.07) is 0.717. The monoisotopic (exact) mass is 192 g/mol. The lowest BCUT2D eigenvalue weighted by Gasteiger charge is -2.08. The van der Waals surface area contributed by atoms with Crippen LogP contribution in [0.2, 0.25) is 0 Å². The number of rotatable bonds is 3. The molecule has 14 heavy (non-hydrogen) atoms. The molecule has 1 aliphatic carbocycles. The Hall–Kier alpha value is -0.900. The minimum Gasteiger partial charge on any atom is -0.316 e. The Labute approximate surface area is 83.7 Å². The van der Waals surface area contributed by atoms with Crippen LogP contribution in [0, 0.1) is 5.92 Å². The molecule has 1 unspecified atom stereocenters. The molecule has 1 N–H and O–H groups in total. The molecule has 0 aromatic carbocycles. The van der Waals surface area contributed by atoms with Crippen molar-refractivity contribution >= 4 is 0 Å². The highest BCUT2D eigenvalue weighted by Gasteiger charge is 2.27. The molecule has 1 aliphatic heterocycles. The van der Waals surface area contributed by atoms with E-state index >= 15 is 0 Å². The topological polar surface area (TPSA) is 42.7 Å². The summed E-state index contributed by atoms with van der Waals surface area (Å²) in [6.07, 6.45) is 6.92. The maximum Gasteiger partial charge on any atom is 0.133 e. The molecule has 1 aromatic rings. The van der Waals surface area contributed by atoms with Gasteiger partial charge in [0, 0.05) is 12.5 Å². The molecule has 0 bridgehead atoms. The van der Waals surface area contributed by atoms with Crippen LogP contribution in [0.25, 0.3) is 0 Å². The molecule has 76 valence electrons. The van der Waals surface area contributed by atoms with Crippen LogP contribution in [0.4, 0.5) is 0 Å². The van der Waals surface area contributed by atoms with Gasteiger partial charge in [-0.25, -0.2) is 0 Å². The van der Waals surface area contributed by atoms with Gasteiger partial charge in [0.1, 0.15) is 12.2 Å². The number of nitrogens with one attached hydrogen (secondary N) is 1. The summed E-state index contributed by atoms with van der Waals surface area (Å²) in [7, 11) is 0. The Bertz CT molecular complexity index is 310. The van der Waals surface area contributed by atoms with E-state index in [0.29, 0.717) is 0 Å². The van der Waals surface area contributed by atoms with Gasteiger partial charge < -0.3 is 9.88 Å². The van der Waals surface area contributed by atoms with Crippen molar-refractivity contribution in [3.63, 3.8) is 0 Å². The lowest BCUT2D eigenvalue weighted by molar-refractivity contribution is 0.535. The van der Waals surface area contributed by atoms with Crippen LogP contribution < -0.4 is 5.32 Å². The van der Waals surface area contributed by atoms with Crippen molar-refractivity contribution in [1.29, 1.82) is 0 Å². The summed E-state index contributed by atoms with van der Waals surface area (Å²) in [6.45, 7) is 2.32. The second-order valence-electron chi connectivity index (χ2n) is 4.45. The molecule has 0 amide bonds. The number of nitrogens with zero attached hydrogens (tertiary/aromatic N) is 3. The van der Waals surface area contributed by atoms with Gasteiger partial charge in [0.2, 0.25) is 0 Å². The number of hydrogen-bond donors (Lipinski definition) is 1. The standard InChI is InChI=1S/C10H16N4/c1-2-9(1)14-7-12-13-10(14)5-8-3-4-11-6-8/h7-9,11H,1-6H2. The van der Waals surface area contributed by atoms with E-state index in [0.717, 1.165) is 24.9 Å². The van der Waals surface area contributed by atoms with E-state index in [4.69, 9.17) is 0 Å². The van der Waals surface area contributed by atoms with Crippen LogP contribution in [0.15, 0.2) is 6.33 Å². The van der Waals surface area contributed by atoms with Crippen molar-refractivity contribution < 1.29 is 0 Å². The Morgan fingerprint density at radius 2 is 2.36 bits per heavy atom. The molecule has 3 rings (SSSR count). The van der Waals surface area contributed by atoms with Gasteiger partial charge in [0.05, 0.1) is 0 Å². The highest BCUT2D eigenvalue weighted by Crippen LogP contribution is 2.35. The Kier molecular flexibility index (Phi) is 2.01. The van der Waals surface area contributed by atoms with Gasteiger partial charge in [-0.1, -0.05) is 0 Å². The molecular formula is C10H16N4. The van der Waals surface area contributed by atoms with Crippen molar-refractivity contribution in [3.8, 4) is 0 Å². The maximum atomic E-state index is 4.23. The fourth-order valence-corrected chi connectivity index (χ4v) is 2.22. The van der Waals surface area contributed by atoms with E-state index < -0.39 is 0 Å². The Balaban J connectivity index is 1.71. The minimum absolute atomic E-state index is 0.717. The van der Waals surface area contributed by atoms with Crippen molar-refractivity contribution in [3.05, 3.63) is 12.2 Å². The first-order chi connectivity index (χ1) is 6.93. The predicted octanol–water partition coefficient (Wildman–Crippen LogP) is 0.765. The summed E-state index contributed by atoms with van der Waals surface area (Å²) in [5.41, 5.74) is 0. The molecule has 0 spiro atoms. The zero-order valence-electron chi connectivity index (χ0n) is 8.32. The van der Waals surface area contributed by atoms with Gasteiger partial charge in [-0.15, -0.1) is 10.2 Å². The van der Waals surface area contributed by atoms with E-state index in [-0.39, 0.29) is 0 Å². The van der Waals surface area contributed by atoms with E-state index in [1.165, 1.54) is 31.6 Å². The summed E-state index contributed by atoms with van der Waals surface area (Å²) < 4.78 is 2.28. The first kappa shape index (κ1) is 8.41. The molecule has 4 nitrogen and oxygen atoms in total. The number of hydrogen-bond acceptors (Lipinski definition) is 3. The van der Waals surface area contributed by atoms with Crippen molar-refractivity contribution in [2.75, 3.05) is 13.1 Å². The van der Waals surface area contributed by atoms with Gasteiger partial charge in [-0.2, -0.15) is 0 Å². The van der Waals surface area contributed by atoms with Gasteiger partial charge in [0.15, 0.2) is 0 Å². The maximum absolute atomic E-state index is 4.23.